The summed E-state index contributed by atoms with van der Waals surface area (Å²) in [6, 6.07) is 0. The molecule has 0 aromatic carbocycles. The van der Waals surface area contributed by atoms with E-state index in [1.165, 1.54) is 25.1 Å². The van der Waals surface area contributed by atoms with E-state index in [1.807, 2.05) is 0 Å². The molecule has 0 aliphatic carbocycles. The summed E-state index contributed by atoms with van der Waals surface area (Å²) in [5.41, 5.74) is 0. The number of hydrogen-bond donors (Lipinski definition) is 1. The third-order valence-corrected chi connectivity index (χ3v) is 1.87. The predicted molar refractivity (Wildman–Crippen MR) is 60.4 cm³/mol. The van der Waals surface area contributed by atoms with Crippen molar-refractivity contribution >= 4 is 5.84 Å². The van der Waals surface area contributed by atoms with Gasteiger partial charge in [0.25, 0.3) is 0 Å². The molecule has 0 aromatic rings. The number of unbranched alkanes of at least 4 members (excludes halogenated alkanes) is 1. The van der Waals surface area contributed by atoms with Crippen molar-refractivity contribution in [2.75, 3.05) is 13.1 Å². The van der Waals surface area contributed by atoms with Gasteiger partial charge in [0, 0.05) is 19.5 Å². The number of amidine groups is 1. The van der Waals surface area contributed by atoms with Crippen LogP contribution < -0.4 is 5.32 Å². The first-order chi connectivity index (χ1) is 6.35. The van der Waals surface area contributed by atoms with Crippen molar-refractivity contribution in [3.8, 4) is 0 Å². The van der Waals surface area contributed by atoms with Crippen LogP contribution in [0.3, 0.4) is 0 Å². The second-order valence-corrected chi connectivity index (χ2v) is 3.36. The highest BCUT2D eigenvalue weighted by Crippen LogP contribution is 1.96. The summed E-state index contributed by atoms with van der Waals surface area (Å²) in [5, 5.41) is 3.39. The maximum Gasteiger partial charge on any atom is 0.0963 e. The molecule has 0 heterocycles. The van der Waals surface area contributed by atoms with Gasteiger partial charge in [-0.1, -0.05) is 27.2 Å². The van der Waals surface area contributed by atoms with Crippen LogP contribution in [0.4, 0.5) is 0 Å². The molecule has 2 nitrogen and oxygen atoms in total. The van der Waals surface area contributed by atoms with Crippen molar-refractivity contribution in [2.45, 2.75) is 52.9 Å². The maximum absolute atomic E-state index is 4.52. The quantitative estimate of drug-likeness (QED) is 0.477. The lowest BCUT2D eigenvalue weighted by Crippen LogP contribution is -2.24. The Hall–Kier alpha value is -0.530. The summed E-state index contributed by atoms with van der Waals surface area (Å²) in [7, 11) is 0. The van der Waals surface area contributed by atoms with E-state index in [9.17, 15) is 0 Å². The van der Waals surface area contributed by atoms with Gasteiger partial charge in [0.15, 0.2) is 0 Å². The van der Waals surface area contributed by atoms with E-state index >= 15 is 0 Å². The lowest BCUT2D eigenvalue weighted by atomic mass is 10.2. The molecule has 0 aliphatic heterocycles. The smallest absolute Gasteiger partial charge is 0.0963 e. The van der Waals surface area contributed by atoms with Gasteiger partial charge in [-0.25, -0.2) is 0 Å². The van der Waals surface area contributed by atoms with Crippen molar-refractivity contribution < 1.29 is 0 Å². The van der Waals surface area contributed by atoms with Gasteiger partial charge in [0.05, 0.1) is 5.84 Å². The minimum atomic E-state index is 0.968. The third kappa shape index (κ3) is 7.82. The van der Waals surface area contributed by atoms with Gasteiger partial charge in [0.2, 0.25) is 0 Å². The first-order valence-corrected chi connectivity index (χ1v) is 5.62. The molecule has 2 heteroatoms. The lowest BCUT2D eigenvalue weighted by Gasteiger charge is -2.08. The molecule has 0 bridgehead atoms. The summed E-state index contributed by atoms with van der Waals surface area (Å²) in [6.07, 6.45) is 5.94. The highest BCUT2D eigenvalue weighted by Gasteiger charge is 1.95. The zero-order valence-corrected chi connectivity index (χ0v) is 9.40. The molecule has 0 fully saturated rings. The number of hydrogen-bond acceptors (Lipinski definition) is 1. The standard InChI is InChI=1S/C11H24N2/c1-4-7-8-11(12-9-5-2)13-10-6-3/h4-10H2,1-3H3,(H,12,13). The SMILES string of the molecule is CCCCC(=NCCC)NCCC. The molecule has 0 rings (SSSR count). The summed E-state index contributed by atoms with van der Waals surface area (Å²) < 4.78 is 0. The highest BCUT2D eigenvalue weighted by atomic mass is 15.0. The summed E-state index contributed by atoms with van der Waals surface area (Å²) in [5.74, 6) is 1.21. The van der Waals surface area contributed by atoms with Crippen LogP contribution in [0.1, 0.15) is 52.9 Å². The monoisotopic (exact) mass is 184 g/mol. The fourth-order valence-corrected chi connectivity index (χ4v) is 1.08. The molecule has 0 amide bonds. The first kappa shape index (κ1) is 12.5. The number of aliphatic imine (C=N–C) groups is 1. The summed E-state index contributed by atoms with van der Waals surface area (Å²) in [6.45, 7) is 8.60. The van der Waals surface area contributed by atoms with Crippen LogP contribution in [0.2, 0.25) is 0 Å². The topological polar surface area (TPSA) is 24.4 Å². The maximum atomic E-state index is 4.52. The minimum Gasteiger partial charge on any atom is -0.374 e. The van der Waals surface area contributed by atoms with E-state index in [0.29, 0.717) is 0 Å². The van der Waals surface area contributed by atoms with Crippen LogP contribution in [0.15, 0.2) is 4.99 Å². The molecule has 0 saturated heterocycles. The van der Waals surface area contributed by atoms with Gasteiger partial charge in [-0.2, -0.15) is 0 Å². The molecule has 0 spiro atoms. The zero-order valence-electron chi connectivity index (χ0n) is 9.40. The van der Waals surface area contributed by atoms with Crippen molar-refractivity contribution in [3.05, 3.63) is 0 Å². The Bertz CT molecular complexity index is 120. The van der Waals surface area contributed by atoms with Crippen molar-refractivity contribution in [3.63, 3.8) is 0 Å². The lowest BCUT2D eigenvalue weighted by molar-refractivity contribution is 0.766. The van der Waals surface area contributed by atoms with Gasteiger partial charge in [-0.3, -0.25) is 4.99 Å². The van der Waals surface area contributed by atoms with E-state index in [1.54, 1.807) is 0 Å². The van der Waals surface area contributed by atoms with Gasteiger partial charge >= 0.3 is 0 Å². The predicted octanol–water partition coefficient (Wildman–Crippen LogP) is 2.98. The Morgan fingerprint density at radius 3 is 2.38 bits per heavy atom. The second-order valence-electron chi connectivity index (χ2n) is 3.36. The molecule has 78 valence electrons. The zero-order chi connectivity index (χ0) is 9.94. The van der Waals surface area contributed by atoms with E-state index in [4.69, 9.17) is 0 Å². The van der Waals surface area contributed by atoms with Crippen LogP contribution in [0.5, 0.6) is 0 Å². The van der Waals surface area contributed by atoms with Gasteiger partial charge in [-0.15, -0.1) is 0 Å². The molecular weight excluding hydrogens is 160 g/mol. The molecule has 0 aromatic heterocycles. The highest BCUT2D eigenvalue weighted by molar-refractivity contribution is 5.82. The molecule has 0 saturated carbocycles. The third-order valence-electron chi connectivity index (χ3n) is 1.87. The van der Waals surface area contributed by atoms with Gasteiger partial charge in [0.1, 0.15) is 0 Å². The molecule has 0 aliphatic rings. The largest absolute Gasteiger partial charge is 0.374 e. The molecule has 0 atom stereocenters. The second kappa shape index (κ2) is 9.56. The van der Waals surface area contributed by atoms with Crippen LogP contribution in [0.25, 0.3) is 0 Å². The Morgan fingerprint density at radius 1 is 1.08 bits per heavy atom. The van der Waals surface area contributed by atoms with Crippen molar-refractivity contribution in [1.29, 1.82) is 0 Å². The van der Waals surface area contributed by atoms with E-state index in [0.717, 1.165) is 25.9 Å². The normalized spacial score (nSPS) is 11.8. The first-order valence-electron chi connectivity index (χ1n) is 5.62. The Balaban J connectivity index is 3.72. The molecule has 1 N–H and O–H groups in total. The van der Waals surface area contributed by atoms with E-state index < -0.39 is 0 Å². The van der Waals surface area contributed by atoms with Crippen molar-refractivity contribution in [1.82, 2.24) is 5.32 Å². The molecule has 0 unspecified atom stereocenters. The molecule has 13 heavy (non-hydrogen) atoms. The number of nitrogens with one attached hydrogen (secondary N) is 1. The Kier molecular flexibility index (Phi) is 9.17. The van der Waals surface area contributed by atoms with E-state index in [2.05, 4.69) is 31.1 Å². The van der Waals surface area contributed by atoms with Crippen LogP contribution in [-0.2, 0) is 0 Å². The van der Waals surface area contributed by atoms with Crippen LogP contribution in [0, 0.1) is 0 Å². The number of nitrogens with zero attached hydrogens (tertiary/aromatic N) is 1. The van der Waals surface area contributed by atoms with E-state index in [-0.39, 0.29) is 0 Å². The minimum absolute atomic E-state index is 0.968. The van der Waals surface area contributed by atoms with Gasteiger partial charge in [-0.05, 0) is 19.3 Å². The fraction of sp³-hybridized carbons (Fsp3) is 0.909. The summed E-state index contributed by atoms with van der Waals surface area (Å²) in [4.78, 5) is 4.52. The van der Waals surface area contributed by atoms with Crippen LogP contribution >= 0.6 is 0 Å². The van der Waals surface area contributed by atoms with Crippen LogP contribution in [-0.4, -0.2) is 18.9 Å². The average molecular weight is 184 g/mol. The Labute approximate surface area is 82.8 Å². The molecular formula is C11H24N2. The molecule has 0 radical (unpaired) electrons. The fourth-order valence-electron chi connectivity index (χ4n) is 1.08. The number of rotatable bonds is 7. The summed E-state index contributed by atoms with van der Waals surface area (Å²) >= 11 is 0. The Morgan fingerprint density at radius 2 is 1.85 bits per heavy atom. The average Bonchev–Trinajstić information content (AvgIpc) is 2.17. The van der Waals surface area contributed by atoms with Crippen molar-refractivity contribution in [2.24, 2.45) is 4.99 Å². The van der Waals surface area contributed by atoms with Gasteiger partial charge < -0.3 is 5.32 Å².